The Balaban J connectivity index is 2.20. The zero-order chi connectivity index (χ0) is 14.4. The third kappa shape index (κ3) is 3.35. The van der Waals surface area contributed by atoms with Crippen molar-refractivity contribution in [3.63, 3.8) is 0 Å². The molecular formula is C16H21N3O. The summed E-state index contributed by atoms with van der Waals surface area (Å²) in [5, 5.41) is 3.32. The maximum absolute atomic E-state index is 6.00. The maximum Gasteiger partial charge on any atom is 0.0977 e. The third-order valence-corrected chi connectivity index (χ3v) is 3.50. The molecule has 2 aromatic rings. The zero-order valence-corrected chi connectivity index (χ0v) is 11.9. The van der Waals surface area contributed by atoms with Gasteiger partial charge in [0.2, 0.25) is 0 Å². The van der Waals surface area contributed by atoms with E-state index in [9.17, 15) is 0 Å². The van der Waals surface area contributed by atoms with E-state index in [1.165, 1.54) is 0 Å². The minimum Gasteiger partial charge on any atom is -0.398 e. The number of nitrogens with two attached hydrogens (primary N) is 1. The topological polar surface area (TPSA) is 60.2 Å². The van der Waals surface area contributed by atoms with Crippen LogP contribution in [0.2, 0.25) is 0 Å². The molecule has 0 amide bonds. The molecule has 0 fully saturated rings. The molecule has 2 unspecified atom stereocenters. The van der Waals surface area contributed by atoms with Crippen molar-refractivity contribution in [3.05, 3.63) is 59.9 Å². The molecule has 0 bridgehead atoms. The van der Waals surface area contributed by atoms with Crippen LogP contribution in [0.15, 0.2) is 48.8 Å². The molecule has 0 aliphatic heterocycles. The van der Waals surface area contributed by atoms with Gasteiger partial charge in [0.05, 0.1) is 6.10 Å². The van der Waals surface area contributed by atoms with Crippen LogP contribution < -0.4 is 11.1 Å². The molecule has 1 heterocycles. The fraction of sp³-hybridized carbons (Fsp3) is 0.312. The minimum atomic E-state index is -0.0270. The van der Waals surface area contributed by atoms with E-state index >= 15 is 0 Å². The number of nitrogen functional groups attached to an aromatic ring is 1. The molecule has 1 aromatic carbocycles. The number of hydrogen-bond acceptors (Lipinski definition) is 4. The van der Waals surface area contributed by atoms with E-state index in [4.69, 9.17) is 10.5 Å². The van der Waals surface area contributed by atoms with Crippen LogP contribution in [0.3, 0.4) is 0 Å². The summed E-state index contributed by atoms with van der Waals surface area (Å²) < 4.78 is 5.68. The zero-order valence-electron chi connectivity index (χ0n) is 11.9. The number of ether oxygens (including phenoxy) is 1. The number of aromatic nitrogens is 1. The van der Waals surface area contributed by atoms with Gasteiger partial charge in [0.25, 0.3) is 0 Å². The third-order valence-electron chi connectivity index (χ3n) is 3.50. The lowest BCUT2D eigenvalue weighted by atomic mass is 9.96. The van der Waals surface area contributed by atoms with Gasteiger partial charge in [-0.15, -0.1) is 0 Å². The molecule has 1 aromatic heterocycles. The van der Waals surface area contributed by atoms with Gasteiger partial charge < -0.3 is 15.8 Å². The Bertz CT molecular complexity index is 530. The van der Waals surface area contributed by atoms with Crippen LogP contribution in [0.4, 0.5) is 5.69 Å². The minimum absolute atomic E-state index is 0.0270. The lowest BCUT2D eigenvalue weighted by molar-refractivity contribution is 0.0704. The fourth-order valence-electron chi connectivity index (χ4n) is 2.38. The van der Waals surface area contributed by atoms with Crippen molar-refractivity contribution in [2.75, 3.05) is 19.9 Å². The van der Waals surface area contributed by atoms with Crippen molar-refractivity contribution in [2.24, 2.45) is 0 Å². The van der Waals surface area contributed by atoms with Gasteiger partial charge in [0.15, 0.2) is 0 Å². The lowest BCUT2D eigenvalue weighted by Gasteiger charge is -2.26. The van der Waals surface area contributed by atoms with Crippen molar-refractivity contribution in [1.29, 1.82) is 0 Å². The van der Waals surface area contributed by atoms with Crippen molar-refractivity contribution >= 4 is 5.69 Å². The van der Waals surface area contributed by atoms with Gasteiger partial charge in [-0.25, -0.2) is 0 Å². The Morgan fingerprint density at radius 2 is 2.00 bits per heavy atom. The van der Waals surface area contributed by atoms with E-state index in [-0.39, 0.29) is 12.1 Å². The quantitative estimate of drug-likeness (QED) is 0.845. The number of pyridine rings is 1. The number of hydrogen-bond donors (Lipinski definition) is 2. The molecule has 4 nitrogen and oxygen atoms in total. The molecule has 20 heavy (non-hydrogen) atoms. The summed E-state index contributed by atoms with van der Waals surface area (Å²) in [6, 6.07) is 12.2. The molecule has 0 spiro atoms. The number of nitrogens with zero attached hydrogens (tertiary/aromatic N) is 1. The second-order valence-electron chi connectivity index (χ2n) is 4.74. The molecule has 0 aliphatic rings. The van der Waals surface area contributed by atoms with Crippen LogP contribution in [0, 0.1) is 0 Å². The average Bonchev–Trinajstić information content (AvgIpc) is 2.50. The Morgan fingerprint density at radius 3 is 2.60 bits per heavy atom. The standard InChI is InChI=1S/C16H21N3O/c1-18-15(10-13-11-19-9-8-14(13)17)16(20-2)12-6-4-3-5-7-12/h3-9,11,15-16,18H,10H2,1-2H3,(H2,17,19). The highest BCUT2D eigenvalue weighted by molar-refractivity contribution is 5.44. The van der Waals surface area contributed by atoms with Gasteiger partial charge in [-0.05, 0) is 30.7 Å². The Morgan fingerprint density at radius 1 is 1.25 bits per heavy atom. The summed E-state index contributed by atoms with van der Waals surface area (Å²) in [5.41, 5.74) is 8.94. The smallest absolute Gasteiger partial charge is 0.0977 e. The first kappa shape index (κ1) is 14.5. The highest BCUT2D eigenvalue weighted by atomic mass is 16.5. The molecule has 2 atom stereocenters. The Hall–Kier alpha value is -1.91. The van der Waals surface area contributed by atoms with Crippen molar-refractivity contribution < 1.29 is 4.74 Å². The Kier molecular flexibility index (Phi) is 5.09. The molecule has 0 saturated heterocycles. The predicted octanol–water partition coefficient (Wildman–Crippen LogP) is 2.18. The van der Waals surface area contributed by atoms with Crippen molar-refractivity contribution in [2.45, 2.75) is 18.6 Å². The fourth-order valence-corrected chi connectivity index (χ4v) is 2.38. The molecule has 4 heteroatoms. The molecule has 3 N–H and O–H groups in total. The number of benzene rings is 1. The second kappa shape index (κ2) is 7.03. The molecule has 0 saturated carbocycles. The maximum atomic E-state index is 6.00. The van der Waals surface area contributed by atoms with Crippen molar-refractivity contribution in [3.8, 4) is 0 Å². The van der Waals surface area contributed by atoms with Crippen LogP contribution in [-0.4, -0.2) is 25.2 Å². The summed E-state index contributed by atoms with van der Waals surface area (Å²) in [4.78, 5) is 4.14. The first-order chi connectivity index (χ1) is 9.76. The van der Waals surface area contributed by atoms with Crippen LogP contribution in [0.5, 0.6) is 0 Å². The number of anilines is 1. The van der Waals surface area contributed by atoms with Gasteiger partial charge in [-0.2, -0.15) is 0 Å². The second-order valence-corrected chi connectivity index (χ2v) is 4.74. The van der Waals surface area contributed by atoms with Crippen LogP contribution in [-0.2, 0) is 11.2 Å². The van der Waals surface area contributed by atoms with E-state index < -0.39 is 0 Å². The highest BCUT2D eigenvalue weighted by Crippen LogP contribution is 2.24. The molecule has 106 valence electrons. The molecule has 2 rings (SSSR count). The number of likely N-dealkylation sites (N-methyl/N-ethyl adjacent to an activating group) is 1. The van der Waals surface area contributed by atoms with Gasteiger partial charge in [0.1, 0.15) is 0 Å². The van der Waals surface area contributed by atoms with E-state index in [1.54, 1.807) is 13.3 Å². The average molecular weight is 271 g/mol. The van der Waals surface area contributed by atoms with Gasteiger partial charge in [-0.1, -0.05) is 30.3 Å². The summed E-state index contributed by atoms with van der Waals surface area (Å²) >= 11 is 0. The van der Waals surface area contributed by atoms with Gasteiger partial charge >= 0.3 is 0 Å². The first-order valence-electron chi connectivity index (χ1n) is 6.69. The predicted molar refractivity (Wildman–Crippen MR) is 81.4 cm³/mol. The van der Waals surface area contributed by atoms with E-state index in [0.717, 1.165) is 23.2 Å². The largest absolute Gasteiger partial charge is 0.398 e. The van der Waals surface area contributed by atoms with Crippen molar-refractivity contribution in [1.82, 2.24) is 10.3 Å². The summed E-state index contributed by atoms with van der Waals surface area (Å²) in [6.45, 7) is 0. The summed E-state index contributed by atoms with van der Waals surface area (Å²) in [6.07, 6.45) is 4.26. The summed E-state index contributed by atoms with van der Waals surface area (Å²) in [7, 11) is 3.67. The molecule has 0 radical (unpaired) electrons. The number of rotatable bonds is 6. The van der Waals surface area contributed by atoms with Gasteiger partial charge in [-0.3, -0.25) is 4.98 Å². The number of methoxy groups -OCH3 is 1. The van der Waals surface area contributed by atoms with Crippen LogP contribution in [0.25, 0.3) is 0 Å². The monoisotopic (exact) mass is 271 g/mol. The van der Waals surface area contributed by atoms with E-state index in [2.05, 4.69) is 22.4 Å². The van der Waals surface area contributed by atoms with E-state index in [0.29, 0.717) is 0 Å². The van der Waals surface area contributed by atoms with Crippen LogP contribution >= 0.6 is 0 Å². The highest BCUT2D eigenvalue weighted by Gasteiger charge is 2.22. The normalized spacial score (nSPS) is 13.9. The van der Waals surface area contributed by atoms with Gasteiger partial charge in [0, 0.05) is 31.2 Å². The SMILES string of the molecule is CNC(Cc1cnccc1N)C(OC)c1ccccc1. The molecule has 0 aliphatic carbocycles. The summed E-state index contributed by atoms with van der Waals surface area (Å²) in [5.74, 6) is 0. The molecular weight excluding hydrogens is 250 g/mol. The number of nitrogens with one attached hydrogen (secondary N) is 1. The lowest BCUT2D eigenvalue weighted by Crippen LogP contribution is -2.35. The Labute approximate surface area is 120 Å². The van der Waals surface area contributed by atoms with Crippen LogP contribution in [0.1, 0.15) is 17.2 Å². The first-order valence-corrected chi connectivity index (χ1v) is 6.69. The van der Waals surface area contributed by atoms with E-state index in [1.807, 2.05) is 37.5 Å².